The van der Waals surface area contributed by atoms with Crippen molar-refractivity contribution >= 4 is 63.3 Å². The SMILES string of the molecule is COc1cc2c(cc1Nc1ncc(Cl)c(Nc3ccc(OS(=O)(=O)F)cc3OP(C)C)n1)CN(CC(F)(F)F)CC2.P. The van der Waals surface area contributed by atoms with Gasteiger partial charge in [0.2, 0.25) is 5.95 Å². The van der Waals surface area contributed by atoms with Crippen molar-refractivity contribution in [1.29, 1.82) is 0 Å². The molecule has 0 saturated carbocycles. The van der Waals surface area contributed by atoms with E-state index in [4.69, 9.17) is 20.9 Å². The maximum absolute atomic E-state index is 13.0. The van der Waals surface area contributed by atoms with Crippen LogP contribution in [-0.4, -0.2) is 63.0 Å². The van der Waals surface area contributed by atoms with Crippen LogP contribution in [-0.2, 0) is 23.5 Å². The molecule has 2 N–H and O–H groups in total. The third-order valence-electron chi connectivity index (χ3n) is 5.69. The first-order valence-corrected chi connectivity index (χ1v) is 15.7. The molecule has 1 atom stereocenters. The maximum Gasteiger partial charge on any atom is 0.488 e. The third kappa shape index (κ3) is 9.40. The molecule has 2 aromatic carbocycles. The number of anilines is 4. The first kappa shape index (κ1) is 33.8. The lowest BCUT2D eigenvalue weighted by atomic mass is 9.98. The molecule has 0 fully saturated rings. The Morgan fingerprint density at radius 3 is 2.48 bits per heavy atom. The van der Waals surface area contributed by atoms with Crippen LogP contribution in [0.4, 0.5) is 40.2 Å². The number of fused-ring (bicyclic) bond motifs is 1. The summed E-state index contributed by atoms with van der Waals surface area (Å²) in [7, 11) is -4.75. The van der Waals surface area contributed by atoms with Crippen LogP contribution in [0.15, 0.2) is 36.5 Å². The maximum atomic E-state index is 13.0. The number of ether oxygens (including phenoxy) is 1. The average molecular weight is 672 g/mol. The van der Waals surface area contributed by atoms with Crippen molar-refractivity contribution in [1.82, 2.24) is 14.9 Å². The Morgan fingerprint density at radius 1 is 1.10 bits per heavy atom. The first-order chi connectivity index (χ1) is 19.2. The van der Waals surface area contributed by atoms with Crippen molar-refractivity contribution < 1.29 is 38.9 Å². The van der Waals surface area contributed by atoms with Crippen LogP contribution in [0.25, 0.3) is 0 Å². The van der Waals surface area contributed by atoms with Crippen LogP contribution >= 0.6 is 29.6 Å². The minimum Gasteiger partial charge on any atom is -0.495 e. The molecule has 4 rings (SSSR count). The number of methoxy groups -OCH3 is 1. The number of alkyl halides is 3. The van der Waals surface area contributed by atoms with E-state index in [1.165, 1.54) is 36.4 Å². The minimum absolute atomic E-state index is 0. The lowest BCUT2D eigenvalue weighted by Gasteiger charge is -2.30. The molecule has 2 heterocycles. The van der Waals surface area contributed by atoms with Gasteiger partial charge in [-0.25, -0.2) is 4.98 Å². The normalized spacial score (nSPS) is 13.6. The van der Waals surface area contributed by atoms with E-state index in [-0.39, 0.29) is 51.3 Å². The molecule has 18 heteroatoms. The Labute approximate surface area is 250 Å². The molecule has 1 aliphatic heterocycles. The lowest BCUT2D eigenvalue weighted by molar-refractivity contribution is -0.147. The summed E-state index contributed by atoms with van der Waals surface area (Å²) in [6.45, 7) is 2.99. The number of hydrogen-bond acceptors (Lipinski definition) is 10. The molecule has 230 valence electrons. The van der Waals surface area contributed by atoms with Gasteiger partial charge in [0, 0.05) is 19.2 Å². The summed E-state index contributed by atoms with van der Waals surface area (Å²) < 4.78 is 89.2. The zero-order valence-electron chi connectivity index (χ0n) is 22.6. The van der Waals surface area contributed by atoms with Crippen LogP contribution in [0, 0.1) is 0 Å². The van der Waals surface area contributed by atoms with E-state index in [1.807, 2.05) is 0 Å². The number of halogens is 5. The highest BCUT2D eigenvalue weighted by Crippen LogP contribution is 2.40. The van der Waals surface area contributed by atoms with Gasteiger partial charge in [-0.3, -0.25) is 4.90 Å². The van der Waals surface area contributed by atoms with E-state index in [1.54, 1.807) is 25.5 Å². The summed E-state index contributed by atoms with van der Waals surface area (Å²) in [5, 5.41) is 6.14. The second kappa shape index (κ2) is 13.7. The lowest BCUT2D eigenvalue weighted by Crippen LogP contribution is -2.38. The molecule has 10 nitrogen and oxygen atoms in total. The number of rotatable bonds is 10. The van der Waals surface area contributed by atoms with Gasteiger partial charge in [-0.1, -0.05) is 15.5 Å². The molecule has 1 unspecified atom stereocenters. The van der Waals surface area contributed by atoms with Gasteiger partial charge in [0.05, 0.1) is 39.4 Å². The van der Waals surface area contributed by atoms with Gasteiger partial charge >= 0.3 is 16.7 Å². The highest BCUT2D eigenvalue weighted by atomic mass is 35.5. The summed E-state index contributed by atoms with van der Waals surface area (Å²) in [5.41, 5.74) is 2.37. The number of nitrogens with one attached hydrogen (secondary N) is 2. The van der Waals surface area contributed by atoms with E-state index >= 15 is 0 Å². The number of aromatic nitrogens is 2. The fraction of sp³-hybridized carbons (Fsp3) is 0.333. The molecule has 0 saturated heterocycles. The van der Waals surface area contributed by atoms with Crippen LogP contribution < -0.4 is 24.1 Å². The fourth-order valence-corrected chi connectivity index (χ4v) is 5.12. The predicted molar refractivity (Wildman–Crippen MR) is 159 cm³/mol. The van der Waals surface area contributed by atoms with Gasteiger partial charge in [0.25, 0.3) is 0 Å². The Bertz CT molecular complexity index is 1540. The zero-order valence-corrected chi connectivity index (χ0v) is 26.5. The quantitative estimate of drug-likeness (QED) is 0.146. The van der Waals surface area contributed by atoms with Crippen LogP contribution in [0.3, 0.4) is 0 Å². The van der Waals surface area contributed by atoms with E-state index in [9.17, 15) is 25.5 Å². The molecule has 0 amide bonds. The summed E-state index contributed by atoms with van der Waals surface area (Å²) in [6, 6.07) is 7.30. The molecule has 0 aliphatic carbocycles. The molecular formula is C24H28ClF4N5O5P2S. The second-order valence-corrected chi connectivity index (χ2v) is 12.2. The molecule has 0 radical (unpaired) electrons. The Kier molecular flexibility index (Phi) is 11.0. The fourth-order valence-electron chi connectivity index (χ4n) is 4.11. The van der Waals surface area contributed by atoms with Crippen LogP contribution in [0.5, 0.6) is 17.2 Å². The summed E-state index contributed by atoms with van der Waals surface area (Å²) in [5.74, 6) is 0.554. The molecule has 0 bridgehead atoms. The smallest absolute Gasteiger partial charge is 0.488 e. The third-order valence-corrected chi connectivity index (χ3v) is 6.92. The van der Waals surface area contributed by atoms with Gasteiger partial charge in [0.15, 0.2) is 5.82 Å². The summed E-state index contributed by atoms with van der Waals surface area (Å²) in [4.78, 5) is 9.92. The average Bonchev–Trinajstić information content (AvgIpc) is 2.85. The van der Waals surface area contributed by atoms with Crippen LogP contribution in [0.1, 0.15) is 11.1 Å². The number of nitrogens with zero attached hydrogens (tertiary/aromatic N) is 3. The highest BCUT2D eigenvalue weighted by molar-refractivity contribution is 7.81. The van der Waals surface area contributed by atoms with Crippen molar-refractivity contribution in [3.8, 4) is 17.2 Å². The largest absolute Gasteiger partial charge is 0.495 e. The highest BCUT2D eigenvalue weighted by Gasteiger charge is 2.32. The summed E-state index contributed by atoms with van der Waals surface area (Å²) in [6.07, 6.45) is -2.53. The van der Waals surface area contributed by atoms with Gasteiger partial charge in [-0.05, 0) is 55.1 Å². The topological polar surface area (TPSA) is 115 Å². The van der Waals surface area contributed by atoms with Gasteiger partial charge in [-0.15, -0.1) is 0 Å². The van der Waals surface area contributed by atoms with Crippen molar-refractivity contribution in [2.24, 2.45) is 0 Å². The molecule has 0 spiro atoms. The van der Waals surface area contributed by atoms with E-state index in [0.29, 0.717) is 29.1 Å². The summed E-state index contributed by atoms with van der Waals surface area (Å²) >= 11 is 6.32. The van der Waals surface area contributed by atoms with Gasteiger partial charge < -0.3 is 24.1 Å². The minimum atomic E-state index is -5.24. The van der Waals surface area contributed by atoms with E-state index in [2.05, 4.69) is 24.8 Å². The Balaban J connectivity index is 0.00000484. The van der Waals surface area contributed by atoms with Crippen molar-refractivity contribution in [2.45, 2.75) is 19.1 Å². The number of hydrogen-bond donors (Lipinski definition) is 2. The van der Waals surface area contributed by atoms with E-state index < -0.39 is 31.4 Å². The van der Waals surface area contributed by atoms with Crippen molar-refractivity contribution in [2.75, 3.05) is 44.2 Å². The predicted octanol–water partition coefficient (Wildman–Crippen LogP) is 6.23. The van der Waals surface area contributed by atoms with Crippen molar-refractivity contribution in [3.05, 3.63) is 52.7 Å². The monoisotopic (exact) mass is 671 g/mol. The molecule has 1 aliphatic rings. The van der Waals surface area contributed by atoms with Gasteiger partial charge in [-0.2, -0.15) is 36.5 Å². The molecule has 1 aromatic heterocycles. The number of benzene rings is 2. The van der Waals surface area contributed by atoms with Crippen molar-refractivity contribution in [3.63, 3.8) is 0 Å². The van der Waals surface area contributed by atoms with Gasteiger partial charge in [0.1, 0.15) is 22.3 Å². The standard InChI is InChI=1S/C24H25ClF4N5O5PS.H3P/c1-37-20-9-14-6-7-34(13-24(26,27)28)12-15(14)8-19(20)32-23-30-11-17(25)22(33-23)31-18-5-4-16(39-41(29,35)36)10-21(18)38-40(2)3;/h4-5,8-11H,6-7,12-13H2,1-3H3,(H2,30,31,32,33);1H3. The first-order valence-electron chi connectivity index (χ1n) is 11.9. The van der Waals surface area contributed by atoms with E-state index in [0.717, 1.165) is 5.56 Å². The molecular weight excluding hydrogens is 644 g/mol. The Hall–Kier alpha value is -2.70. The van der Waals surface area contributed by atoms with Crippen LogP contribution in [0.2, 0.25) is 5.02 Å². The molecule has 42 heavy (non-hydrogen) atoms. The Morgan fingerprint density at radius 2 is 1.83 bits per heavy atom. The zero-order chi connectivity index (χ0) is 29.9. The second-order valence-electron chi connectivity index (χ2n) is 9.08. The molecule has 3 aromatic rings.